The molecule has 13 nitrogen and oxygen atoms in total. The zero-order chi connectivity index (χ0) is 22.0. The Morgan fingerprint density at radius 1 is 1.19 bits per heavy atom. The SMILES string of the molecule is COc1ccc(Nc2nc3nonc3nc2C(=NN)c2cccc([N+](=O)[O-])c2O)cc1. The number of hydrazone groups is 1. The van der Waals surface area contributed by atoms with Crippen molar-refractivity contribution in [2.75, 3.05) is 12.4 Å². The van der Waals surface area contributed by atoms with Crippen LogP contribution in [0.15, 0.2) is 52.2 Å². The van der Waals surface area contributed by atoms with E-state index in [1.807, 2.05) is 0 Å². The molecular formula is C18H14N8O5. The average Bonchev–Trinajstić information content (AvgIpc) is 3.23. The number of benzene rings is 2. The first-order valence-electron chi connectivity index (χ1n) is 8.68. The highest BCUT2D eigenvalue weighted by atomic mass is 16.6. The minimum absolute atomic E-state index is 0.0143. The van der Waals surface area contributed by atoms with Crippen molar-refractivity contribution in [1.82, 2.24) is 20.3 Å². The van der Waals surface area contributed by atoms with Crippen LogP contribution in [0.4, 0.5) is 17.2 Å². The van der Waals surface area contributed by atoms with Crippen LogP contribution >= 0.6 is 0 Å². The van der Waals surface area contributed by atoms with E-state index in [2.05, 4.69) is 35.3 Å². The summed E-state index contributed by atoms with van der Waals surface area (Å²) in [6.07, 6.45) is 0. The number of nitrogens with two attached hydrogens (primary N) is 1. The number of nitrogens with one attached hydrogen (secondary N) is 1. The Morgan fingerprint density at radius 3 is 2.55 bits per heavy atom. The zero-order valence-corrected chi connectivity index (χ0v) is 15.9. The Balaban J connectivity index is 1.86. The van der Waals surface area contributed by atoms with E-state index in [-0.39, 0.29) is 34.1 Å². The van der Waals surface area contributed by atoms with Crippen LogP contribution in [0.2, 0.25) is 0 Å². The second-order valence-electron chi connectivity index (χ2n) is 6.09. The molecule has 156 valence electrons. The molecule has 4 rings (SSSR count). The number of hydrogen-bond acceptors (Lipinski definition) is 12. The van der Waals surface area contributed by atoms with E-state index in [1.54, 1.807) is 31.4 Å². The normalized spacial score (nSPS) is 11.5. The fourth-order valence-electron chi connectivity index (χ4n) is 2.83. The van der Waals surface area contributed by atoms with Gasteiger partial charge in [0.25, 0.3) is 0 Å². The maximum absolute atomic E-state index is 11.2. The summed E-state index contributed by atoms with van der Waals surface area (Å²) in [5.41, 5.74) is 0.263. The largest absolute Gasteiger partial charge is 0.502 e. The molecule has 0 aliphatic heterocycles. The summed E-state index contributed by atoms with van der Waals surface area (Å²) in [6.45, 7) is 0. The van der Waals surface area contributed by atoms with Crippen LogP contribution in [0.1, 0.15) is 11.3 Å². The Labute approximate surface area is 173 Å². The zero-order valence-electron chi connectivity index (χ0n) is 15.9. The van der Waals surface area contributed by atoms with Gasteiger partial charge < -0.3 is 21.0 Å². The summed E-state index contributed by atoms with van der Waals surface area (Å²) in [7, 11) is 1.55. The van der Waals surface area contributed by atoms with E-state index in [0.717, 1.165) is 6.07 Å². The van der Waals surface area contributed by atoms with Crippen molar-refractivity contribution in [3.8, 4) is 11.5 Å². The van der Waals surface area contributed by atoms with Crippen LogP contribution in [-0.2, 0) is 0 Å². The van der Waals surface area contributed by atoms with Gasteiger partial charge in [-0.25, -0.2) is 14.6 Å². The van der Waals surface area contributed by atoms with Crippen LogP contribution in [0.5, 0.6) is 11.5 Å². The molecular weight excluding hydrogens is 408 g/mol. The van der Waals surface area contributed by atoms with Gasteiger partial charge in [-0.15, -0.1) is 0 Å². The maximum atomic E-state index is 11.2. The molecule has 4 aromatic rings. The van der Waals surface area contributed by atoms with Crippen molar-refractivity contribution in [3.63, 3.8) is 0 Å². The van der Waals surface area contributed by atoms with E-state index in [0.29, 0.717) is 11.4 Å². The van der Waals surface area contributed by atoms with Crippen molar-refractivity contribution in [1.29, 1.82) is 0 Å². The van der Waals surface area contributed by atoms with E-state index < -0.39 is 16.4 Å². The molecule has 0 fully saturated rings. The Kier molecular flexibility index (Phi) is 4.97. The lowest BCUT2D eigenvalue weighted by Crippen LogP contribution is -2.14. The van der Waals surface area contributed by atoms with Crippen LogP contribution in [-0.4, -0.2) is 43.1 Å². The predicted octanol–water partition coefficient (Wildman–Crippen LogP) is 2.09. The molecule has 2 aromatic carbocycles. The van der Waals surface area contributed by atoms with Crippen molar-refractivity contribution < 1.29 is 19.4 Å². The van der Waals surface area contributed by atoms with Crippen LogP contribution < -0.4 is 15.9 Å². The van der Waals surface area contributed by atoms with Crippen molar-refractivity contribution in [3.05, 3.63) is 63.8 Å². The Hall–Kier alpha value is -4.81. The molecule has 2 aromatic heterocycles. The number of rotatable bonds is 6. The van der Waals surface area contributed by atoms with E-state index in [9.17, 15) is 15.2 Å². The number of anilines is 2. The van der Waals surface area contributed by atoms with Gasteiger partial charge in [0.1, 0.15) is 17.2 Å². The van der Waals surface area contributed by atoms with Gasteiger partial charge in [-0.3, -0.25) is 10.1 Å². The number of nitrogens with zero attached hydrogens (tertiary/aromatic N) is 6. The topological polar surface area (TPSA) is 188 Å². The number of nitro groups is 1. The summed E-state index contributed by atoms with van der Waals surface area (Å²) in [5, 5.41) is 35.7. The van der Waals surface area contributed by atoms with Gasteiger partial charge in [-0.1, -0.05) is 6.07 Å². The first-order valence-corrected chi connectivity index (χ1v) is 8.68. The minimum atomic E-state index is -0.722. The van der Waals surface area contributed by atoms with E-state index in [1.165, 1.54) is 12.1 Å². The third-order valence-electron chi connectivity index (χ3n) is 4.29. The molecule has 0 aliphatic carbocycles. The number of ether oxygens (including phenoxy) is 1. The van der Waals surface area contributed by atoms with Crippen LogP contribution in [0, 0.1) is 10.1 Å². The highest BCUT2D eigenvalue weighted by Gasteiger charge is 2.25. The summed E-state index contributed by atoms with van der Waals surface area (Å²) in [5.74, 6) is 5.78. The lowest BCUT2D eigenvalue weighted by atomic mass is 10.0. The maximum Gasteiger partial charge on any atom is 0.311 e. The Morgan fingerprint density at radius 2 is 1.90 bits per heavy atom. The van der Waals surface area contributed by atoms with Gasteiger partial charge in [0.15, 0.2) is 5.82 Å². The quantitative estimate of drug-likeness (QED) is 0.179. The molecule has 4 N–H and O–H groups in total. The number of phenolic OH excluding ortho intramolecular Hbond substituents is 1. The summed E-state index contributed by atoms with van der Waals surface area (Å²) in [6, 6.07) is 10.9. The number of phenols is 1. The predicted molar refractivity (Wildman–Crippen MR) is 108 cm³/mol. The highest BCUT2D eigenvalue weighted by molar-refractivity contribution is 6.16. The number of fused-ring (bicyclic) bond motifs is 1. The molecule has 0 saturated carbocycles. The molecule has 0 atom stereocenters. The van der Waals surface area contributed by atoms with Crippen molar-refractivity contribution in [2.45, 2.75) is 0 Å². The number of methoxy groups -OCH3 is 1. The third kappa shape index (κ3) is 3.62. The fourth-order valence-corrected chi connectivity index (χ4v) is 2.83. The monoisotopic (exact) mass is 422 g/mol. The third-order valence-corrected chi connectivity index (χ3v) is 4.29. The number of aromatic hydroxyl groups is 1. The second kappa shape index (κ2) is 7.90. The standard InChI is InChI=1S/C18H14N8O5/c1-30-10-7-5-9(6-8-10)20-16-14(21-17-18(22-16)25-31-24-17)13(23-19)11-3-2-4-12(15(11)27)26(28)29/h2-8,27H,19H2,1H3,(H,20,22,25). The highest BCUT2D eigenvalue weighted by Crippen LogP contribution is 2.32. The first kappa shape index (κ1) is 19.5. The van der Waals surface area contributed by atoms with Gasteiger partial charge in [-0.05, 0) is 40.6 Å². The lowest BCUT2D eigenvalue weighted by Gasteiger charge is -2.13. The molecule has 0 spiro atoms. The van der Waals surface area contributed by atoms with Gasteiger partial charge in [0.2, 0.25) is 17.0 Å². The second-order valence-corrected chi connectivity index (χ2v) is 6.09. The number of para-hydroxylation sites is 1. The fraction of sp³-hybridized carbons (Fsp3) is 0.0556. The smallest absolute Gasteiger partial charge is 0.311 e. The number of hydrogen-bond donors (Lipinski definition) is 3. The number of nitro benzene ring substituents is 1. The van der Waals surface area contributed by atoms with Gasteiger partial charge in [0, 0.05) is 11.8 Å². The Bertz CT molecular complexity index is 1300. The molecule has 0 saturated heterocycles. The molecule has 2 heterocycles. The first-order chi connectivity index (χ1) is 15.0. The van der Waals surface area contributed by atoms with E-state index in [4.69, 9.17) is 10.6 Å². The minimum Gasteiger partial charge on any atom is -0.502 e. The van der Waals surface area contributed by atoms with Crippen molar-refractivity contribution in [2.24, 2.45) is 10.9 Å². The summed E-state index contributed by atoms with van der Waals surface area (Å²) >= 11 is 0. The van der Waals surface area contributed by atoms with Gasteiger partial charge >= 0.3 is 5.69 Å². The van der Waals surface area contributed by atoms with Crippen LogP contribution in [0.3, 0.4) is 0 Å². The van der Waals surface area contributed by atoms with Gasteiger partial charge in [0.05, 0.1) is 17.6 Å². The van der Waals surface area contributed by atoms with Gasteiger partial charge in [-0.2, -0.15) is 5.10 Å². The molecule has 13 heteroatoms. The summed E-state index contributed by atoms with van der Waals surface area (Å²) < 4.78 is 9.81. The lowest BCUT2D eigenvalue weighted by molar-refractivity contribution is -0.385. The van der Waals surface area contributed by atoms with Crippen molar-refractivity contribution >= 4 is 34.2 Å². The average molecular weight is 422 g/mol. The number of aromatic nitrogens is 4. The molecule has 0 amide bonds. The summed E-state index contributed by atoms with van der Waals surface area (Å²) in [4.78, 5) is 19.1. The van der Waals surface area contributed by atoms with E-state index >= 15 is 0 Å². The van der Waals surface area contributed by atoms with Crippen LogP contribution in [0.25, 0.3) is 11.3 Å². The molecule has 0 aliphatic rings. The molecule has 31 heavy (non-hydrogen) atoms. The molecule has 0 bridgehead atoms. The molecule has 0 radical (unpaired) electrons. The molecule has 0 unspecified atom stereocenters.